The maximum absolute atomic E-state index is 2.38. The Balaban J connectivity index is -0.000000153. The topological polar surface area (TPSA) is 0 Å². The van der Waals surface area contributed by atoms with Crippen molar-refractivity contribution in [2.75, 3.05) is 0 Å². The van der Waals surface area contributed by atoms with Gasteiger partial charge in [0.25, 0.3) is 0 Å². The molecule has 1 aromatic rings. The van der Waals surface area contributed by atoms with Crippen molar-refractivity contribution >= 4 is 0 Å². The molecule has 0 nitrogen and oxygen atoms in total. The van der Waals surface area contributed by atoms with Gasteiger partial charge >= 0.3 is 0 Å². The predicted octanol–water partition coefficient (Wildman–Crippen LogP) is 10.7. The summed E-state index contributed by atoms with van der Waals surface area (Å²) in [5.41, 5.74) is 4.96. The Bertz CT molecular complexity index is 338. The van der Waals surface area contributed by atoms with Gasteiger partial charge in [-0.15, -0.1) is 0 Å². The molecule has 0 aliphatic carbocycles. The van der Waals surface area contributed by atoms with E-state index in [1.807, 2.05) is 69.2 Å². The summed E-state index contributed by atoms with van der Waals surface area (Å²) in [5.74, 6) is 0. The van der Waals surface area contributed by atoms with E-state index in [-0.39, 0.29) is 16.2 Å². The molecule has 0 amide bonds. The van der Waals surface area contributed by atoms with Crippen molar-refractivity contribution < 1.29 is 0 Å². The zero-order chi connectivity index (χ0) is 24.4. The van der Waals surface area contributed by atoms with Crippen molar-refractivity contribution in [3.63, 3.8) is 0 Å². The highest BCUT2D eigenvalue weighted by molar-refractivity contribution is 5.39. The standard InChI is InChI=1S/C18H30.5C2H6/c1-16(2,3)13-10-14(17(4,5)6)12-15(11-13)18(7,8)9;5*1-2/h10-12H,1-9H3;5*1-2H3. The minimum Gasteiger partial charge on any atom is -0.0683 e. The van der Waals surface area contributed by atoms with Gasteiger partial charge in [-0.25, -0.2) is 0 Å². The number of rotatable bonds is 0. The summed E-state index contributed by atoms with van der Waals surface area (Å²) in [7, 11) is 0. The first-order valence-electron chi connectivity index (χ1n) is 12.0. The van der Waals surface area contributed by atoms with Crippen LogP contribution in [0.25, 0.3) is 0 Å². The van der Waals surface area contributed by atoms with E-state index in [0.717, 1.165) is 0 Å². The maximum Gasteiger partial charge on any atom is -0.0132 e. The molecule has 0 fully saturated rings. The first-order valence-corrected chi connectivity index (χ1v) is 12.0. The van der Waals surface area contributed by atoms with Crippen LogP contribution in [0.15, 0.2) is 18.2 Å². The van der Waals surface area contributed by atoms with Crippen LogP contribution in [0.4, 0.5) is 0 Å². The summed E-state index contributed by atoms with van der Waals surface area (Å²) < 4.78 is 0. The summed E-state index contributed by atoms with van der Waals surface area (Å²) in [6.45, 7) is 40.6. The SMILES string of the molecule is CC.CC.CC.CC.CC.CC(C)(C)c1cc(C(C)(C)C)cc(C(C)(C)C)c1. The Morgan fingerprint density at radius 3 is 0.500 bits per heavy atom. The third-order valence-electron chi connectivity index (χ3n) is 3.53. The van der Waals surface area contributed by atoms with Gasteiger partial charge in [0.2, 0.25) is 0 Å². The molecule has 0 N–H and O–H groups in total. The van der Waals surface area contributed by atoms with Crippen LogP contribution in [-0.2, 0) is 16.2 Å². The highest BCUT2D eigenvalue weighted by Crippen LogP contribution is 2.34. The van der Waals surface area contributed by atoms with Crippen LogP contribution in [0.3, 0.4) is 0 Å². The van der Waals surface area contributed by atoms with E-state index in [2.05, 4.69) is 80.5 Å². The van der Waals surface area contributed by atoms with Crippen molar-refractivity contribution in [3.8, 4) is 0 Å². The van der Waals surface area contributed by atoms with E-state index < -0.39 is 0 Å². The van der Waals surface area contributed by atoms with Gasteiger partial charge in [0, 0.05) is 0 Å². The van der Waals surface area contributed by atoms with Gasteiger partial charge in [-0.05, 0) is 32.9 Å². The lowest BCUT2D eigenvalue weighted by Crippen LogP contribution is -2.20. The van der Waals surface area contributed by atoms with Crippen LogP contribution in [0.1, 0.15) is 148 Å². The molecule has 1 aromatic carbocycles. The second kappa shape index (κ2) is 19.5. The van der Waals surface area contributed by atoms with Crippen LogP contribution < -0.4 is 0 Å². The quantitative estimate of drug-likeness (QED) is 0.409. The predicted molar refractivity (Wildman–Crippen MR) is 139 cm³/mol. The van der Waals surface area contributed by atoms with Crippen LogP contribution in [-0.4, -0.2) is 0 Å². The van der Waals surface area contributed by atoms with Gasteiger partial charge in [0.15, 0.2) is 0 Å². The second-order valence-corrected chi connectivity index (χ2v) is 8.55. The molecule has 28 heavy (non-hydrogen) atoms. The van der Waals surface area contributed by atoms with Crippen LogP contribution in [0.5, 0.6) is 0 Å². The number of hydrogen-bond acceptors (Lipinski definition) is 0. The fourth-order valence-corrected chi connectivity index (χ4v) is 1.93. The molecule has 0 aliphatic rings. The third kappa shape index (κ3) is 17.3. The Labute approximate surface area is 182 Å². The monoisotopic (exact) mass is 396 g/mol. The molecular formula is C28H60. The summed E-state index contributed by atoms with van der Waals surface area (Å²) in [4.78, 5) is 0. The summed E-state index contributed by atoms with van der Waals surface area (Å²) in [5, 5.41) is 0. The number of benzene rings is 1. The van der Waals surface area contributed by atoms with Gasteiger partial charge in [-0.2, -0.15) is 0 Å². The highest BCUT2D eigenvalue weighted by Gasteiger charge is 2.23. The lowest BCUT2D eigenvalue weighted by atomic mass is 9.76. The fourth-order valence-electron chi connectivity index (χ4n) is 1.93. The van der Waals surface area contributed by atoms with E-state index in [1.165, 1.54) is 16.7 Å². The Morgan fingerprint density at radius 2 is 0.429 bits per heavy atom. The molecule has 1 rings (SSSR count). The zero-order valence-electron chi connectivity index (χ0n) is 23.7. The maximum atomic E-state index is 2.38. The van der Waals surface area contributed by atoms with Gasteiger partial charge in [-0.3, -0.25) is 0 Å². The fraction of sp³-hybridized carbons (Fsp3) is 0.786. The molecule has 0 unspecified atom stereocenters. The van der Waals surface area contributed by atoms with E-state index in [9.17, 15) is 0 Å². The molecule has 0 aromatic heterocycles. The molecule has 172 valence electrons. The van der Waals surface area contributed by atoms with E-state index in [4.69, 9.17) is 0 Å². The molecule has 0 heteroatoms. The van der Waals surface area contributed by atoms with Crippen molar-refractivity contribution in [2.24, 2.45) is 0 Å². The van der Waals surface area contributed by atoms with Crippen LogP contribution >= 0.6 is 0 Å². The Hall–Kier alpha value is -0.780. The second-order valence-electron chi connectivity index (χ2n) is 8.55. The summed E-state index contributed by atoms with van der Waals surface area (Å²) in [6, 6.07) is 7.15. The van der Waals surface area contributed by atoms with E-state index in [1.54, 1.807) is 0 Å². The molecular weight excluding hydrogens is 336 g/mol. The molecule has 0 saturated carbocycles. The molecule has 0 spiro atoms. The van der Waals surface area contributed by atoms with Gasteiger partial charge in [0.1, 0.15) is 0 Å². The molecule has 0 bridgehead atoms. The average molecular weight is 397 g/mol. The van der Waals surface area contributed by atoms with E-state index >= 15 is 0 Å². The van der Waals surface area contributed by atoms with Crippen molar-refractivity contribution in [3.05, 3.63) is 34.9 Å². The molecule has 0 saturated heterocycles. The van der Waals surface area contributed by atoms with Crippen molar-refractivity contribution in [1.29, 1.82) is 0 Å². The molecule has 0 radical (unpaired) electrons. The van der Waals surface area contributed by atoms with Gasteiger partial charge in [-0.1, -0.05) is 150 Å². The number of hydrogen-bond donors (Lipinski definition) is 0. The summed E-state index contributed by atoms with van der Waals surface area (Å²) >= 11 is 0. The lowest BCUT2D eigenvalue weighted by Gasteiger charge is -2.29. The van der Waals surface area contributed by atoms with Crippen LogP contribution in [0.2, 0.25) is 0 Å². The van der Waals surface area contributed by atoms with E-state index in [0.29, 0.717) is 0 Å². The minimum absolute atomic E-state index is 0.210. The molecule has 0 atom stereocenters. The summed E-state index contributed by atoms with van der Waals surface area (Å²) in [6.07, 6.45) is 0. The van der Waals surface area contributed by atoms with Crippen LogP contribution in [0, 0.1) is 0 Å². The van der Waals surface area contributed by atoms with Crippen molar-refractivity contribution in [1.82, 2.24) is 0 Å². The molecule has 0 heterocycles. The first-order chi connectivity index (χ1) is 12.8. The zero-order valence-corrected chi connectivity index (χ0v) is 23.7. The normalized spacial score (nSPS) is 9.96. The third-order valence-corrected chi connectivity index (χ3v) is 3.53. The lowest BCUT2D eigenvalue weighted by molar-refractivity contribution is 0.548. The Morgan fingerprint density at radius 1 is 0.321 bits per heavy atom. The average Bonchev–Trinajstić information content (AvgIpc) is 2.67. The first kappa shape index (κ1) is 37.9. The largest absolute Gasteiger partial charge is 0.0683 e. The highest BCUT2D eigenvalue weighted by atomic mass is 14.3. The van der Waals surface area contributed by atoms with Gasteiger partial charge < -0.3 is 0 Å². The smallest absolute Gasteiger partial charge is 0.0132 e. The molecule has 0 aliphatic heterocycles. The van der Waals surface area contributed by atoms with Gasteiger partial charge in [0.05, 0.1) is 0 Å². The van der Waals surface area contributed by atoms with Crippen molar-refractivity contribution in [2.45, 2.75) is 148 Å². The minimum atomic E-state index is 0.210. The Kier molecular flexibility index (Phi) is 26.4.